The SMILES string of the molecule is CNC(=O)NCCCC1CCCNCC1. The second-order valence-electron chi connectivity index (χ2n) is 4.20. The molecule has 1 heterocycles. The molecule has 1 fully saturated rings. The van der Waals surface area contributed by atoms with Gasteiger partial charge in [-0.25, -0.2) is 4.79 Å². The lowest BCUT2D eigenvalue weighted by Crippen LogP contribution is -2.33. The van der Waals surface area contributed by atoms with Crippen molar-refractivity contribution in [2.75, 3.05) is 26.7 Å². The molecule has 0 bridgehead atoms. The zero-order valence-corrected chi connectivity index (χ0v) is 9.64. The Morgan fingerprint density at radius 2 is 2.27 bits per heavy atom. The van der Waals surface area contributed by atoms with E-state index >= 15 is 0 Å². The molecular formula is C11H23N3O. The third kappa shape index (κ3) is 5.62. The van der Waals surface area contributed by atoms with Crippen LogP contribution in [-0.2, 0) is 0 Å². The maximum Gasteiger partial charge on any atom is 0.314 e. The molecule has 4 heteroatoms. The van der Waals surface area contributed by atoms with Gasteiger partial charge in [0.25, 0.3) is 0 Å². The van der Waals surface area contributed by atoms with Gasteiger partial charge in [0.15, 0.2) is 0 Å². The van der Waals surface area contributed by atoms with E-state index in [0.29, 0.717) is 0 Å². The minimum absolute atomic E-state index is 0.0717. The van der Waals surface area contributed by atoms with Crippen molar-refractivity contribution >= 4 is 6.03 Å². The molecule has 0 aromatic rings. The van der Waals surface area contributed by atoms with Gasteiger partial charge in [-0.2, -0.15) is 0 Å². The molecule has 1 aliphatic rings. The number of carbonyl (C=O) groups excluding carboxylic acids is 1. The summed E-state index contributed by atoms with van der Waals surface area (Å²) in [6.07, 6.45) is 6.27. The van der Waals surface area contributed by atoms with E-state index in [4.69, 9.17) is 0 Å². The summed E-state index contributed by atoms with van der Waals surface area (Å²) in [5.41, 5.74) is 0. The molecule has 1 atom stereocenters. The third-order valence-electron chi connectivity index (χ3n) is 3.00. The Hall–Kier alpha value is -0.770. The fraction of sp³-hybridized carbons (Fsp3) is 0.909. The van der Waals surface area contributed by atoms with Crippen LogP contribution in [0, 0.1) is 5.92 Å². The summed E-state index contributed by atoms with van der Waals surface area (Å²) in [7, 11) is 1.65. The molecule has 4 nitrogen and oxygen atoms in total. The van der Waals surface area contributed by atoms with Crippen LogP contribution in [0.2, 0.25) is 0 Å². The normalized spacial score (nSPS) is 21.8. The smallest absolute Gasteiger partial charge is 0.314 e. The van der Waals surface area contributed by atoms with Crippen molar-refractivity contribution in [3.8, 4) is 0 Å². The minimum Gasteiger partial charge on any atom is -0.341 e. The topological polar surface area (TPSA) is 53.2 Å². The van der Waals surface area contributed by atoms with Gasteiger partial charge in [-0.3, -0.25) is 0 Å². The first kappa shape index (κ1) is 12.3. The van der Waals surface area contributed by atoms with E-state index in [1.807, 2.05) is 0 Å². The quantitative estimate of drug-likeness (QED) is 0.612. The molecular weight excluding hydrogens is 190 g/mol. The van der Waals surface area contributed by atoms with Crippen molar-refractivity contribution in [3.05, 3.63) is 0 Å². The first-order valence-corrected chi connectivity index (χ1v) is 5.99. The van der Waals surface area contributed by atoms with Crippen LogP contribution in [0.4, 0.5) is 4.79 Å². The van der Waals surface area contributed by atoms with Gasteiger partial charge in [-0.05, 0) is 51.1 Å². The standard InChI is InChI=1S/C11H23N3O/c1-12-11(15)14-8-3-5-10-4-2-7-13-9-6-10/h10,13H,2-9H2,1H3,(H2,12,14,15). The molecule has 0 aromatic carbocycles. The summed E-state index contributed by atoms with van der Waals surface area (Å²) in [5, 5.41) is 8.79. The lowest BCUT2D eigenvalue weighted by atomic mass is 9.95. The van der Waals surface area contributed by atoms with Crippen LogP contribution in [-0.4, -0.2) is 32.7 Å². The Labute approximate surface area is 92.2 Å². The highest BCUT2D eigenvalue weighted by atomic mass is 16.2. The molecule has 0 saturated carbocycles. The molecule has 1 unspecified atom stereocenters. The second kappa shape index (κ2) is 7.51. The van der Waals surface area contributed by atoms with Gasteiger partial charge in [0.05, 0.1) is 0 Å². The summed E-state index contributed by atoms with van der Waals surface area (Å²) >= 11 is 0. The zero-order chi connectivity index (χ0) is 10.9. The Balaban J connectivity index is 2.00. The fourth-order valence-electron chi connectivity index (χ4n) is 2.06. The average molecular weight is 213 g/mol. The van der Waals surface area contributed by atoms with Gasteiger partial charge in [0, 0.05) is 13.6 Å². The Morgan fingerprint density at radius 3 is 3.07 bits per heavy atom. The minimum atomic E-state index is -0.0717. The van der Waals surface area contributed by atoms with Crippen LogP contribution >= 0.6 is 0 Å². The maximum atomic E-state index is 10.9. The molecule has 1 aliphatic heterocycles. The monoisotopic (exact) mass is 213 g/mol. The van der Waals surface area contributed by atoms with Crippen LogP contribution in [0.1, 0.15) is 32.1 Å². The highest BCUT2D eigenvalue weighted by Gasteiger charge is 2.11. The van der Waals surface area contributed by atoms with Crippen molar-refractivity contribution in [3.63, 3.8) is 0 Å². The van der Waals surface area contributed by atoms with Gasteiger partial charge < -0.3 is 16.0 Å². The summed E-state index contributed by atoms with van der Waals surface area (Å²) in [6.45, 7) is 3.13. The molecule has 0 radical (unpaired) electrons. The van der Waals surface area contributed by atoms with Crippen LogP contribution in [0.3, 0.4) is 0 Å². The number of rotatable bonds is 4. The highest BCUT2D eigenvalue weighted by molar-refractivity contribution is 5.73. The number of nitrogens with one attached hydrogen (secondary N) is 3. The van der Waals surface area contributed by atoms with E-state index < -0.39 is 0 Å². The first-order chi connectivity index (χ1) is 7.33. The van der Waals surface area contributed by atoms with Crippen LogP contribution in [0.15, 0.2) is 0 Å². The van der Waals surface area contributed by atoms with Crippen LogP contribution < -0.4 is 16.0 Å². The maximum absolute atomic E-state index is 10.9. The van der Waals surface area contributed by atoms with E-state index in [0.717, 1.165) is 25.4 Å². The number of hydrogen-bond acceptors (Lipinski definition) is 2. The molecule has 2 amide bonds. The number of amides is 2. The van der Waals surface area contributed by atoms with E-state index in [1.165, 1.54) is 32.2 Å². The average Bonchev–Trinajstić information content (AvgIpc) is 2.52. The molecule has 0 aromatic heterocycles. The van der Waals surface area contributed by atoms with E-state index in [1.54, 1.807) is 7.05 Å². The summed E-state index contributed by atoms with van der Waals surface area (Å²) in [6, 6.07) is -0.0717. The van der Waals surface area contributed by atoms with Gasteiger partial charge in [0.1, 0.15) is 0 Å². The zero-order valence-electron chi connectivity index (χ0n) is 9.64. The third-order valence-corrected chi connectivity index (χ3v) is 3.00. The summed E-state index contributed by atoms with van der Waals surface area (Å²) in [4.78, 5) is 10.9. The van der Waals surface area contributed by atoms with Crippen molar-refractivity contribution in [1.82, 2.24) is 16.0 Å². The largest absolute Gasteiger partial charge is 0.341 e. The molecule has 88 valence electrons. The first-order valence-electron chi connectivity index (χ1n) is 5.99. The fourth-order valence-corrected chi connectivity index (χ4v) is 2.06. The van der Waals surface area contributed by atoms with Crippen molar-refractivity contribution < 1.29 is 4.79 Å². The molecule has 0 aliphatic carbocycles. The van der Waals surface area contributed by atoms with Crippen molar-refractivity contribution in [2.45, 2.75) is 32.1 Å². The second-order valence-corrected chi connectivity index (χ2v) is 4.20. The van der Waals surface area contributed by atoms with Gasteiger partial charge in [-0.15, -0.1) is 0 Å². The number of urea groups is 1. The molecule has 3 N–H and O–H groups in total. The number of carbonyl (C=O) groups is 1. The Bertz CT molecular complexity index is 177. The van der Waals surface area contributed by atoms with Crippen LogP contribution in [0.5, 0.6) is 0 Å². The lowest BCUT2D eigenvalue weighted by molar-refractivity contribution is 0.242. The number of hydrogen-bond donors (Lipinski definition) is 3. The molecule has 1 saturated heterocycles. The molecule has 0 spiro atoms. The van der Waals surface area contributed by atoms with Gasteiger partial charge >= 0.3 is 6.03 Å². The summed E-state index contributed by atoms with van der Waals surface area (Å²) < 4.78 is 0. The van der Waals surface area contributed by atoms with Crippen molar-refractivity contribution in [1.29, 1.82) is 0 Å². The molecule has 1 rings (SSSR count). The van der Waals surface area contributed by atoms with Gasteiger partial charge in [-0.1, -0.05) is 0 Å². The summed E-state index contributed by atoms with van der Waals surface area (Å²) in [5.74, 6) is 0.853. The van der Waals surface area contributed by atoms with E-state index in [2.05, 4.69) is 16.0 Å². The Morgan fingerprint density at radius 1 is 1.40 bits per heavy atom. The van der Waals surface area contributed by atoms with E-state index in [-0.39, 0.29) is 6.03 Å². The predicted octanol–water partition coefficient (Wildman–Crippen LogP) is 1.09. The molecule has 15 heavy (non-hydrogen) atoms. The van der Waals surface area contributed by atoms with Crippen LogP contribution in [0.25, 0.3) is 0 Å². The van der Waals surface area contributed by atoms with E-state index in [9.17, 15) is 4.79 Å². The Kier molecular flexibility index (Phi) is 6.16. The predicted molar refractivity (Wildman–Crippen MR) is 61.9 cm³/mol. The highest BCUT2D eigenvalue weighted by Crippen LogP contribution is 2.18. The van der Waals surface area contributed by atoms with Gasteiger partial charge in [0.2, 0.25) is 0 Å². The van der Waals surface area contributed by atoms with Crippen molar-refractivity contribution in [2.24, 2.45) is 5.92 Å². The lowest BCUT2D eigenvalue weighted by Gasteiger charge is -2.13.